The number of hydrogen-bond donors (Lipinski definition) is 1. The molecule has 0 heterocycles. The van der Waals surface area contributed by atoms with Crippen LogP contribution < -0.4 is 19.5 Å². The second kappa shape index (κ2) is 9.11. The molecule has 0 aromatic heterocycles. The summed E-state index contributed by atoms with van der Waals surface area (Å²) in [6.07, 6.45) is 0. The Labute approximate surface area is 158 Å². The van der Waals surface area contributed by atoms with Crippen LogP contribution >= 0.6 is 15.9 Å². The zero-order valence-corrected chi connectivity index (χ0v) is 17.1. The predicted octanol–water partition coefficient (Wildman–Crippen LogP) is 5.02. The van der Waals surface area contributed by atoms with Crippen molar-refractivity contribution in [2.45, 2.75) is 33.4 Å². The van der Waals surface area contributed by atoms with Gasteiger partial charge in [0.2, 0.25) is 0 Å². The summed E-state index contributed by atoms with van der Waals surface area (Å²) in [5, 5.41) is 3.55. The van der Waals surface area contributed by atoms with Crippen molar-refractivity contribution in [3.05, 3.63) is 51.5 Å². The minimum Gasteiger partial charge on any atom is -0.496 e. The Balaban J connectivity index is 2.17. The van der Waals surface area contributed by atoms with Gasteiger partial charge < -0.3 is 19.5 Å². The summed E-state index contributed by atoms with van der Waals surface area (Å²) in [6, 6.07) is 10.5. The lowest BCUT2D eigenvalue weighted by molar-refractivity contribution is 0.309. The fraction of sp³-hybridized carbons (Fsp3) is 0.400. The van der Waals surface area contributed by atoms with Crippen LogP contribution in [0.15, 0.2) is 34.8 Å². The Morgan fingerprint density at radius 3 is 2.48 bits per heavy atom. The number of halogens is 1. The molecule has 0 amide bonds. The minimum atomic E-state index is 0.159. The van der Waals surface area contributed by atoms with Crippen LogP contribution in [0.5, 0.6) is 17.2 Å². The normalized spacial score (nSPS) is 11.9. The highest BCUT2D eigenvalue weighted by Gasteiger charge is 2.14. The molecule has 2 rings (SSSR count). The second-order valence-corrected chi connectivity index (χ2v) is 6.74. The lowest BCUT2D eigenvalue weighted by Crippen LogP contribution is -2.19. The van der Waals surface area contributed by atoms with E-state index >= 15 is 0 Å². The van der Waals surface area contributed by atoms with Gasteiger partial charge in [-0.3, -0.25) is 0 Å². The molecule has 0 spiro atoms. The summed E-state index contributed by atoms with van der Waals surface area (Å²) in [5.74, 6) is 2.37. The first-order valence-electron chi connectivity index (χ1n) is 8.37. The van der Waals surface area contributed by atoms with Crippen molar-refractivity contribution in [1.82, 2.24) is 5.32 Å². The molecule has 0 radical (unpaired) electrons. The van der Waals surface area contributed by atoms with E-state index in [2.05, 4.69) is 53.3 Å². The Hall–Kier alpha value is -1.72. The van der Waals surface area contributed by atoms with Gasteiger partial charge in [-0.05, 0) is 60.5 Å². The van der Waals surface area contributed by atoms with Crippen LogP contribution in [0.4, 0.5) is 0 Å². The van der Waals surface area contributed by atoms with E-state index in [-0.39, 0.29) is 6.04 Å². The first kappa shape index (κ1) is 19.6. The fourth-order valence-corrected chi connectivity index (χ4v) is 3.41. The highest BCUT2D eigenvalue weighted by atomic mass is 79.9. The van der Waals surface area contributed by atoms with E-state index in [0.29, 0.717) is 13.2 Å². The molecule has 0 aliphatic heterocycles. The summed E-state index contributed by atoms with van der Waals surface area (Å²) in [5.41, 5.74) is 3.49. The Morgan fingerprint density at radius 2 is 1.84 bits per heavy atom. The van der Waals surface area contributed by atoms with Gasteiger partial charge in [0.1, 0.15) is 5.75 Å². The van der Waals surface area contributed by atoms with Crippen LogP contribution in [0.2, 0.25) is 0 Å². The van der Waals surface area contributed by atoms with E-state index in [1.807, 2.05) is 19.1 Å². The third kappa shape index (κ3) is 4.89. The first-order valence-corrected chi connectivity index (χ1v) is 9.16. The Kier molecular flexibility index (Phi) is 7.14. The SMILES string of the molecule is CCOc1cc(CNC(C)c2cc(C)ccc2OC)cc(Br)c1OC. The number of methoxy groups -OCH3 is 2. The summed E-state index contributed by atoms with van der Waals surface area (Å²) < 4.78 is 17.5. The molecule has 5 heteroatoms. The molecule has 1 atom stereocenters. The average Bonchev–Trinajstić information content (AvgIpc) is 2.59. The van der Waals surface area contributed by atoms with Gasteiger partial charge in [0.15, 0.2) is 11.5 Å². The van der Waals surface area contributed by atoms with Crippen LogP contribution in [0.3, 0.4) is 0 Å². The van der Waals surface area contributed by atoms with Gasteiger partial charge in [-0.25, -0.2) is 0 Å². The minimum absolute atomic E-state index is 0.159. The molecule has 2 aromatic carbocycles. The number of rotatable bonds is 8. The third-order valence-corrected chi connectivity index (χ3v) is 4.63. The molecule has 136 valence electrons. The fourth-order valence-electron chi connectivity index (χ4n) is 2.76. The first-order chi connectivity index (χ1) is 12.0. The maximum absolute atomic E-state index is 5.69. The van der Waals surface area contributed by atoms with E-state index in [0.717, 1.165) is 32.8 Å². The molecule has 0 bridgehead atoms. The molecular weight excluding hydrogens is 382 g/mol. The van der Waals surface area contributed by atoms with Crippen molar-refractivity contribution in [3.63, 3.8) is 0 Å². The Bertz CT molecular complexity index is 718. The van der Waals surface area contributed by atoms with Gasteiger partial charge >= 0.3 is 0 Å². The quantitative estimate of drug-likeness (QED) is 0.666. The predicted molar refractivity (Wildman–Crippen MR) is 105 cm³/mol. The van der Waals surface area contributed by atoms with Gasteiger partial charge in [0, 0.05) is 18.2 Å². The standard InChI is InChI=1S/C20H26BrNO3/c1-6-25-19-11-15(10-17(21)20(19)24-5)12-22-14(3)16-9-13(2)7-8-18(16)23-4/h7-11,14,22H,6,12H2,1-5H3. The van der Waals surface area contributed by atoms with Crippen molar-refractivity contribution < 1.29 is 14.2 Å². The summed E-state index contributed by atoms with van der Waals surface area (Å²) >= 11 is 3.56. The van der Waals surface area contributed by atoms with Gasteiger partial charge in [-0.15, -0.1) is 0 Å². The topological polar surface area (TPSA) is 39.7 Å². The number of benzene rings is 2. The molecule has 25 heavy (non-hydrogen) atoms. The van der Waals surface area contributed by atoms with Crippen LogP contribution in [0.25, 0.3) is 0 Å². The van der Waals surface area contributed by atoms with E-state index in [4.69, 9.17) is 14.2 Å². The number of ether oxygens (including phenoxy) is 3. The Morgan fingerprint density at radius 1 is 1.08 bits per heavy atom. The van der Waals surface area contributed by atoms with Crippen molar-refractivity contribution >= 4 is 15.9 Å². The maximum atomic E-state index is 5.69. The molecule has 1 unspecified atom stereocenters. The molecule has 4 nitrogen and oxygen atoms in total. The van der Waals surface area contributed by atoms with E-state index in [1.54, 1.807) is 14.2 Å². The van der Waals surface area contributed by atoms with E-state index < -0.39 is 0 Å². The maximum Gasteiger partial charge on any atom is 0.174 e. The molecule has 1 N–H and O–H groups in total. The van der Waals surface area contributed by atoms with Crippen molar-refractivity contribution in [2.24, 2.45) is 0 Å². The number of nitrogens with one attached hydrogen (secondary N) is 1. The summed E-state index contributed by atoms with van der Waals surface area (Å²) in [7, 11) is 3.35. The van der Waals surface area contributed by atoms with Crippen molar-refractivity contribution in [3.8, 4) is 17.2 Å². The van der Waals surface area contributed by atoms with E-state index in [9.17, 15) is 0 Å². The van der Waals surface area contributed by atoms with Crippen LogP contribution in [-0.4, -0.2) is 20.8 Å². The highest BCUT2D eigenvalue weighted by Crippen LogP contribution is 2.36. The van der Waals surface area contributed by atoms with Crippen LogP contribution in [0.1, 0.15) is 36.6 Å². The van der Waals surface area contributed by atoms with Crippen LogP contribution in [0, 0.1) is 6.92 Å². The van der Waals surface area contributed by atoms with Gasteiger partial charge in [-0.2, -0.15) is 0 Å². The van der Waals surface area contributed by atoms with Gasteiger partial charge in [-0.1, -0.05) is 17.7 Å². The average molecular weight is 408 g/mol. The van der Waals surface area contributed by atoms with Crippen molar-refractivity contribution in [2.75, 3.05) is 20.8 Å². The number of hydrogen-bond acceptors (Lipinski definition) is 4. The van der Waals surface area contributed by atoms with Gasteiger partial charge in [0.25, 0.3) is 0 Å². The molecular formula is C20H26BrNO3. The molecule has 0 fully saturated rings. The second-order valence-electron chi connectivity index (χ2n) is 5.89. The third-order valence-electron chi connectivity index (χ3n) is 4.04. The molecule has 0 saturated heterocycles. The largest absolute Gasteiger partial charge is 0.496 e. The molecule has 2 aromatic rings. The van der Waals surface area contributed by atoms with E-state index in [1.165, 1.54) is 5.56 Å². The molecule has 0 aliphatic carbocycles. The lowest BCUT2D eigenvalue weighted by Gasteiger charge is -2.19. The lowest BCUT2D eigenvalue weighted by atomic mass is 10.0. The smallest absolute Gasteiger partial charge is 0.174 e. The summed E-state index contributed by atoms with van der Waals surface area (Å²) in [4.78, 5) is 0. The molecule has 0 aliphatic rings. The monoisotopic (exact) mass is 407 g/mol. The highest BCUT2D eigenvalue weighted by molar-refractivity contribution is 9.10. The van der Waals surface area contributed by atoms with Crippen LogP contribution in [-0.2, 0) is 6.54 Å². The van der Waals surface area contributed by atoms with Crippen molar-refractivity contribution in [1.29, 1.82) is 0 Å². The van der Waals surface area contributed by atoms with Gasteiger partial charge in [0.05, 0.1) is 25.3 Å². The zero-order chi connectivity index (χ0) is 18.4. The zero-order valence-electron chi connectivity index (χ0n) is 15.5. The number of aryl methyl sites for hydroxylation is 1. The summed E-state index contributed by atoms with van der Waals surface area (Å²) in [6.45, 7) is 7.49. The molecule has 0 saturated carbocycles.